The third-order valence-electron chi connectivity index (χ3n) is 5.54. The number of aliphatic hydroxyl groups is 2. The molecule has 0 aliphatic carbocycles. The van der Waals surface area contributed by atoms with Crippen molar-refractivity contribution in [3.63, 3.8) is 0 Å². The van der Waals surface area contributed by atoms with E-state index in [2.05, 4.69) is 20.3 Å². The molecule has 0 radical (unpaired) electrons. The molecule has 10 nitrogen and oxygen atoms in total. The number of aromatic nitrogens is 4. The van der Waals surface area contributed by atoms with Gasteiger partial charge in [0.05, 0.1) is 15.9 Å². The predicted molar refractivity (Wildman–Crippen MR) is 120 cm³/mol. The standard InChI is InChI=1S/C21H21ClN6O4/c1-24-15-5-3-10-2-4-11(6-13(10)27-15)31-8-14-17(29)18(30)21(32-14)28-7-12(22)16-19(23)25-9-26-20(16)28/h2-7,9,14,17-18,21,29-30H,8H2,1H3,(H,24,27)(H2,23,25,26)/t14-,17-,18-,21-/m1/s1. The highest BCUT2D eigenvalue weighted by Gasteiger charge is 2.44. The molecule has 1 saturated heterocycles. The Bertz CT molecular complexity index is 1300. The molecular formula is C21H21ClN6O4. The van der Waals surface area contributed by atoms with E-state index in [0.29, 0.717) is 21.8 Å². The first-order valence-corrected chi connectivity index (χ1v) is 10.3. The van der Waals surface area contributed by atoms with Crippen molar-refractivity contribution in [3.8, 4) is 5.75 Å². The van der Waals surface area contributed by atoms with Crippen LogP contribution in [0.1, 0.15) is 6.23 Å². The number of hydrogen-bond acceptors (Lipinski definition) is 9. The Hall–Kier alpha value is -3.18. The number of nitrogens with one attached hydrogen (secondary N) is 1. The van der Waals surface area contributed by atoms with E-state index in [-0.39, 0.29) is 12.4 Å². The highest BCUT2D eigenvalue weighted by Crippen LogP contribution is 2.36. The smallest absolute Gasteiger partial charge is 0.164 e. The molecule has 0 unspecified atom stereocenters. The van der Waals surface area contributed by atoms with E-state index >= 15 is 0 Å². The number of halogens is 1. The van der Waals surface area contributed by atoms with Gasteiger partial charge in [-0.25, -0.2) is 15.0 Å². The molecule has 0 bridgehead atoms. The quantitative estimate of drug-likeness (QED) is 0.354. The highest BCUT2D eigenvalue weighted by atomic mass is 35.5. The van der Waals surface area contributed by atoms with Crippen molar-refractivity contribution in [2.24, 2.45) is 0 Å². The number of benzene rings is 1. The SMILES string of the molecule is CNc1ccc2ccc(OC[C@H]3O[C@@H](n4cc(Cl)c5c(N)ncnc54)[C@H](O)[C@@H]3O)cc2n1. The van der Waals surface area contributed by atoms with Crippen molar-refractivity contribution in [1.29, 1.82) is 0 Å². The molecule has 0 spiro atoms. The van der Waals surface area contributed by atoms with Gasteiger partial charge in [0.25, 0.3) is 0 Å². The largest absolute Gasteiger partial charge is 0.491 e. The second-order valence-electron chi connectivity index (χ2n) is 7.50. The van der Waals surface area contributed by atoms with Gasteiger partial charge in [0.1, 0.15) is 54.3 Å². The topological polar surface area (TPSA) is 141 Å². The first-order valence-electron chi connectivity index (χ1n) is 9.95. The molecule has 5 N–H and O–H groups in total. The zero-order valence-corrected chi connectivity index (χ0v) is 17.8. The zero-order chi connectivity index (χ0) is 22.4. The number of ether oxygens (including phenoxy) is 2. The third kappa shape index (κ3) is 3.47. The summed E-state index contributed by atoms with van der Waals surface area (Å²) in [5.41, 5.74) is 7.07. The van der Waals surface area contributed by atoms with Crippen molar-refractivity contribution in [3.05, 3.63) is 47.9 Å². The number of anilines is 2. The summed E-state index contributed by atoms with van der Waals surface area (Å²) in [6.07, 6.45) is -1.24. The van der Waals surface area contributed by atoms with E-state index < -0.39 is 24.5 Å². The molecule has 4 atom stereocenters. The second kappa shape index (κ2) is 8.06. The van der Waals surface area contributed by atoms with Gasteiger partial charge in [-0.1, -0.05) is 11.6 Å². The molecule has 1 fully saturated rings. The minimum absolute atomic E-state index is 0.0238. The van der Waals surface area contributed by atoms with Crippen LogP contribution in [-0.2, 0) is 4.74 Å². The number of nitrogens with zero attached hydrogens (tertiary/aromatic N) is 4. The average molecular weight is 457 g/mol. The van der Waals surface area contributed by atoms with E-state index in [1.807, 2.05) is 30.3 Å². The summed E-state index contributed by atoms with van der Waals surface area (Å²) in [4.78, 5) is 12.6. The van der Waals surface area contributed by atoms with Gasteiger partial charge in [0, 0.05) is 24.7 Å². The van der Waals surface area contributed by atoms with Crippen LogP contribution >= 0.6 is 11.6 Å². The monoisotopic (exact) mass is 456 g/mol. The minimum atomic E-state index is -1.22. The fourth-order valence-corrected chi connectivity index (χ4v) is 4.14. The van der Waals surface area contributed by atoms with E-state index in [1.165, 1.54) is 6.33 Å². The lowest BCUT2D eigenvalue weighted by Crippen LogP contribution is -2.34. The Labute approximate surface area is 187 Å². The van der Waals surface area contributed by atoms with Gasteiger partial charge >= 0.3 is 0 Å². The van der Waals surface area contributed by atoms with Gasteiger partial charge in [-0.2, -0.15) is 0 Å². The lowest BCUT2D eigenvalue weighted by molar-refractivity contribution is -0.0471. The van der Waals surface area contributed by atoms with Crippen LogP contribution in [0.5, 0.6) is 5.75 Å². The molecule has 1 aromatic carbocycles. The third-order valence-corrected chi connectivity index (χ3v) is 5.82. The number of nitrogen functional groups attached to an aromatic ring is 1. The average Bonchev–Trinajstić information content (AvgIpc) is 3.28. The Kier molecular flexibility index (Phi) is 5.22. The van der Waals surface area contributed by atoms with Crippen LogP contribution in [0.2, 0.25) is 5.02 Å². The molecule has 0 saturated carbocycles. The highest BCUT2D eigenvalue weighted by molar-refractivity contribution is 6.36. The lowest BCUT2D eigenvalue weighted by Gasteiger charge is -2.17. The van der Waals surface area contributed by atoms with Gasteiger partial charge in [0.2, 0.25) is 0 Å². The maximum atomic E-state index is 10.6. The summed E-state index contributed by atoms with van der Waals surface area (Å²) in [6, 6.07) is 9.38. The van der Waals surface area contributed by atoms with Crippen LogP contribution in [0.25, 0.3) is 21.9 Å². The molecule has 5 rings (SSSR count). The molecule has 4 aromatic rings. The summed E-state index contributed by atoms with van der Waals surface area (Å²) < 4.78 is 13.3. The van der Waals surface area contributed by atoms with E-state index in [9.17, 15) is 10.2 Å². The molecule has 4 heterocycles. The molecule has 3 aromatic heterocycles. The number of hydrogen-bond donors (Lipinski definition) is 4. The molecule has 32 heavy (non-hydrogen) atoms. The summed E-state index contributed by atoms with van der Waals surface area (Å²) in [7, 11) is 1.80. The maximum absolute atomic E-state index is 10.6. The molecule has 1 aliphatic heterocycles. The van der Waals surface area contributed by atoms with Crippen molar-refractivity contribution < 1.29 is 19.7 Å². The van der Waals surface area contributed by atoms with Crippen molar-refractivity contribution >= 4 is 45.2 Å². The first kappa shape index (κ1) is 20.7. The van der Waals surface area contributed by atoms with Crippen LogP contribution < -0.4 is 15.8 Å². The van der Waals surface area contributed by atoms with Crippen LogP contribution in [0.4, 0.5) is 11.6 Å². The van der Waals surface area contributed by atoms with Crippen LogP contribution in [0.3, 0.4) is 0 Å². The Morgan fingerprint density at radius 3 is 2.84 bits per heavy atom. The number of fused-ring (bicyclic) bond motifs is 2. The van der Waals surface area contributed by atoms with Crippen molar-refractivity contribution in [2.45, 2.75) is 24.5 Å². The van der Waals surface area contributed by atoms with Gasteiger partial charge in [-0.3, -0.25) is 0 Å². The number of pyridine rings is 1. The van der Waals surface area contributed by atoms with Crippen LogP contribution in [0, 0.1) is 0 Å². The second-order valence-corrected chi connectivity index (χ2v) is 7.91. The van der Waals surface area contributed by atoms with Crippen LogP contribution in [-0.4, -0.2) is 61.7 Å². The summed E-state index contributed by atoms with van der Waals surface area (Å²) in [5.74, 6) is 1.54. The molecule has 1 aliphatic rings. The molecular weight excluding hydrogens is 436 g/mol. The van der Waals surface area contributed by atoms with Gasteiger partial charge in [0.15, 0.2) is 6.23 Å². The van der Waals surface area contributed by atoms with Gasteiger partial charge in [-0.15, -0.1) is 0 Å². The minimum Gasteiger partial charge on any atom is -0.491 e. The Morgan fingerprint density at radius 1 is 1.22 bits per heavy atom. The summed E-state index contributed by atoms with van der Waals surface area (Å²) >= 11 is 6.28. The first-order chi connectivity index (χ1) is 15.5. The van der Waals surface area contributed by atoms with E-state index in [4.69, 9.17) is 26.8 Å². The van der Waals surface area contributed by atoms with Gasteiger partial charge in [-0.05, 0) is 24.3 Å². The van der Waals surface area contributed by atoms with E-state index in [1.54, 1.807) is 17.8 Å². The zero-order valence-electron chi connectivity index (χ0n) is 17.0. The van der Waals surface area contributed by atoms with Crippen molar-refractivity contribution in [2.75, 3.05) is 24.7 Å². The lowest BCUT2D eigenvalue weighted by atomic mass is 10.1. The Morgan fingerprint density at radius 2 is 2.03 bits per heavy atom. The van der Waals surface area contributed by atoms with Gasteiger partial charge < -0.3 is 35.3 Å². The predicted octanol–water partition coefficient (Wildman–Crippen LogP) is 1.95. The maximum Gasteiger partial charge on any atom is 0.164 e. The molecule has 11 heteroatoms. The fourth-order valence-electron chi connectivity index (χ4n) is 3.86. The Balaban J connectivity index is 1.35. The van der Waals surface area contributed by atoms with E-state index in [0.717, 1.165) is 16.7 Å². The number of nitrogens with two attached hydrogens (primary N) is 1. The van der Waals surface area contributed by atoms with Crippen LogP contribution in [0.15, 0.2) is 42.9 Å². The van der Waals surface area contributed by atoms with Crippen molar-refractivity contribution in [1.82, 2.24) is 19.5 Å². The summed E-state index contributed by atoms with van der Waals surface area (Å²) in [6.45, 7) is 0.0238. The molecule has 0 amide bonds. The molecule has 166 valence electrons. The normalized spacial score (nSPS) is 23.1. The fraction of sp³-hybridized carbons (Fsp3) is 0.286. The number of rotatable bonds is 5. The summed E-state index contributed by atoms with van der Waals surface area (Å²) in [5, 5.41) is 26.0. The number of aliphatic hydroxyl groups excluding tert-OH is 2.